The van der Waals surface area contributed by atoms with Gasteiger partial charge in [-0.25, -0.2) is 0 Å². The number of aliphatic imine (C=N–C) groups is 1. The van der Waals surface area contributed by atoms with E-state index in [0.29, 0.717) is 11.5 Å². The lowest BCUT2D eigenvalue weighted by Gasteiger charge is -2.43. The molecule has 0 amide bonds. The highest BCUT2D eigenvalue weighted by Crippen LogP contribution is 2.43. The van der Waals surface area contributed by atoms with Gasteiger partial charge in [-0.1, -0.05) is 36.8 Å². The molecule has 26 heavy (non-hydrogen) atoms. The van der Waals surface area contributed by atoms with Gasteiger partial charge >= 0.3 is 0 Å². The zero-order chi connectivity index (χ0) is 17.8. The van der Waals surface area contributed by atoms with E-state index in [1.54, 1.807) is 0 Å². The van der Waals surface area contributed by atoms with E-state index in [0.717, 1.165) is 51.9 Å². The Kier molecular flexibility index (Phi) is 5.46. The molecule has 3 aliphatic rings. The highest BCUT2D eigenvalue weighted by atomic mass is 16.5. The van der Waals surface area contributed by atoms with Gasteiger partial charge in [0.15, 0.2) is 5.96 Å². The van der Waals surface area contributed by atoms with Crippen LogP contribution in [-0.4, -0.2) is 74.8 Å². The highest BCUT2D eigenvalue weighted by molar-refractivity contribution is 5.80. The Labute approximate surface area is 157 Å². The summed E-state index contributed by atoms with van der Waals surface area (Å²) in [5, 5.41) is 3.71. The summed E-state index contributed by atoms with van der Waals surface area (Å²) in [4.78, 5) is 9.63. The zero-order valence-electron chi connectivity index (χ0n) is 16.0. The van der Waals surface area contributed by atoms with Crippen LogP contribution in [0.5, 0.6) is 0 Å². The number of hydrogen-bond acceptors (Lipinski definition) is 3. The van der Waals surface area contributed by atoms with Gasteiger partial charge in [-0.3, -0.25) is 9.89 Å². The fourth-order valence-electron chi connectivity index (χ4n) is 4.72. The van der Waals surface area contributed by atoms with Crippen molar-refractivity contribution in [1.29, 1.82) is 0 Å². The van der Waals surface area contributed by atoms with Crippen LogP contribution in [0.3, 0.4) is 0 Å². The maximum Gasteiger partial charge on any atom is 0.193 e. The molecule has 1 aromatic carbocycles. The number of nitrogens with zero attached hydrogens (tertiary/aromatic N) is 3. The number of benzene rings is 1. The number of nitrogens with one attached hydrogen (secondary N) is 1. The lowest BCUT2D eigenvalue weighted by atomic mass is 9.64. The first-order valence-electron chi connectivity index (χ1n) is 10.1. The molecular weight excluding hydrogens is 324 g/mol. The third-order valence-corrected chi connectivity index (χ3v) is 6.52. The number of rotatable bonds is 4. The van der Waals surface area contributed by atoms with Crippen molar-refractivity contribution >= 4 is 5.96 Å². The summed E-state index contributed by atoms with van der Waals surface area (Å²) in [7, 11) is 1.92. The van der Waals surface area contributed by atoms with Gasteiger partial charge in [0.25, 0.3) is 0 Å². The van der Waals surface area contributed by atoms with Crippen LogP contribution in [0, 0.1) is 0 Å². The summed E-state index contributed by atoms with van der Waals surface area (Å²) in [5.41, 5.74) is 1.77. The Morgan fingerprint density at radius 2 is 1.96 bits per heavy atom. The van der Waals surface area contributed by atoms with E-state index in [1.807, 2.05) is 7.05 Å². The number of morpholine rings is 1. The number of guanidine groups is 1. The lowest BCUT2D eigenvalue weighted by molar-refractivity contribution is 0.0194. The first-order valence-corrected chi connectivity index (χ1v) is 10.1. The molecule has 3 fully saturated rings. The average Bonchev–Trinajstić information content (AvgIpc) is 3.15. The van der Waals surface area contributed by atoms with Crippen LogP contribution in [0.4, 0.5) is 0 Å². The standard InChI is InChI=1S/C21H32N4O/c1-22-20(25-11-8-19(16-25)24-12-14-26-15-13-24)23-17-21(9-5-10-21)18-6-3-2-4-7-18/h2-4,6-7,19H,5,8-17H2,1H3,(H,22,23). The number of ether oxygens (including phenoxy) is 1. The third-order valence-electron chi connectivity index (χ3n) is 6.52. The monoisotopic (exact) mass is 356 g/mol. The van der Waals surface area contributed by atoms with Crippen LogP contribution in [0.1, 0.15) is 31.2 Å². The largest absolute Gasteiger partial charge is 0.379 e. The van der Waals surface area contributed by atoms with Gasteiger partial charge in [0, 0.05) is 51.2 Å². The van der Waals surface area contributed by atoms with Crippen molar-refractivity contribution in [2.24, 2.45) is 4.99 Å². The molecule has 1 N–H and O–H groups in total. The van der Waals surface area contributed by atoms with Gasteiger partial charge in [-0.2, -0.15) is 0 Å². The fourth-order valence-corrected chi connectivity index (χ4v) is 4.72. The van der Waals surface area contributed by atoms with Crippen molar-refractivity contribution in [1.82, 2.24) is 15.1 Å². The van der Waals surface area contributed by atoms with E-state index in [9.17, 15) is 0 Å². The van der Waals surface area contributed by atoms with E-state index >= 15 is 0 Å². The molecule has 142 valence electrons. The predicted octanol–water partition coefficient (Wildman–Crippen LogP) is 2.09. The zero-order valence-corrected chi connectivity index (χ0v) is 16.0. The smallest absolute Gasteiger partial charge is 0.193 e. The topological polar surface area (TPSA) is 40.1 Å². The lowest BCUT2D eigenvalue weighted by Crippen LogP contribution is -2.50. The molecule has 0 bridgehead atoms. The van der Waals surface area contributed by atoms with Crippen molar-refractivity contribution < 1.29 is 4.74 Å². The van der Waals surface area contributed by atoms with Crippen molar-refractivity contribution in [3.63, 3.8) is 0 Å². The molecule has 0 aromatic heterocycles. The molecule has 5 heteroatoms. The molecule has 2 heterocycles. The fraction of sp³-hybridized carbons (Fsp3) is 0.667. The van der Waals surface area contributed by atoms with Crippen LogP contribution in [0.2, 0.25) is 0 Å². The van der Waals surface area contributed by atoms with Crippen LogP contribution < -0.4 is 5.32 Å². The van der Waals surface area contributed by atoms with Crippen molar-refractivity contribution in [2.75, 3.05) is 53.0 Å². The van der Waals surface area contributed by atoms with Crippen LogP contribution in [-0.2, 0) is 10.2 Å². The Morgan fingerprint density at radius 1 is 1.19 bits per heavy atom. The normalized spacial score (nSPS) is 26.6. The minimum atomic E-state index is 0.292. The summed E-state index contributed by atoms with van der Waals surface area (Å²) in [6.07, 6.45) is 5.11. The molecule has 2 aliphatic heterocycles. The van der Waals surface area contributed by atoms with Gasteiger partial charge in [0.2, 0.25) is 0 Å². The molecule has 5 nitrogen and oxygen atoms in total. The van der Waals surface area contributed by atoms with E-state index in [2.05, 4.69) is 50.4 Å². The Balaban J connectivity index is 1.35. The average molecular weight is 357 g/mol. The van der Waals surface area contributed by atoms with Crippen molar-refractivity contribution in [3.8, 4) is 0 Å². The molecule has 1 atom stereocenters. The minimum absolute atomic E-state index is 0.292. The highest BCUT2D eigenvalue weighted by Gasteiger charge is 2.39. The second-order valence-corrected chi connectivity index (χ2v) is 7.94. The SMILES string of the molecule is CN=C(NCC1(c2ccccc2)CCC1)N1CCC(N2CCOCC2)C1. The summed E-state index contributed by atoms with van der Waals surface area (Å²) < 4.78 is 5.50. The second kappa shape index (κ2) is 7.97. The quantitative estimate of drug-likeness (QED) is 0.662. The summed E-state index contributed by atoms with van der Waals surface area (Å²) in [6, 6.07) is 11.7. The van der Waals surface area contributed by atoms with Crippen molar-refractivity contribution in [2.45, 2.75) is 37.1 Å². The first kappa shape index (κ1) is 17.8. The molecular formula is C21H32N4O. The molecule has 0 spiro atoms. The van der Waals surface area contributed by atoms with Gasteiger partial charge in [0.05, 0.1) is 13.2 Å². The van der Waals surface area contributed by atoms with E-state index in [1.165, 1.54) is 31.2 Å². The Morgan fingerprint density at radius 3 is 2.62 bits per heavy atom. The summed E-state index contributed by atoms with van der Waals surface area (Å²) >= 11 is 0. The minimum Gasteiger partial charge on any atom is -0.379 e. The van der Waals surface area contributed by atoms with Crippen LogP contribution in [0.25, 0.3) is 0 Å². The predicted molar refractivity (Wildman–Crippen MR) is 106 cm³/mol. The van der Waals surface area contributed by atoms with E-state index < -0.39 is 0 Å². The maximum atomic E-state index is 5.50. The first-order chi connectivity index (χ1) is 12.8. The molecule has 0 radical (unpaired) electrons. The Bertz CT molecular complexity index is 608. The van der Waals surface area contributed by atoms with Gasteiger partial charge < -0.3 is 15.0 Å². The van der Waals surface area contributed by atoms with E-state index in [-0.39, 0.29) is 0 Å². The van der Waals surface area contributed by atoms with Crippen molar-refractivity contribution in [3.05, 3.63) is 35.9 Å². The Hall–Kier alpha value is -1.59. The van der Waals surface area contributed by atoms with Crippen LogP contribution in [0.15, 0.2) is 35.3 Å². The summed E-state index contributed by atoms with van der Waals surface area (Å²) in [5.74, 6) is 1.07. The summed E-state index contributed by atoms with van der Waals surface area (Å²) in [6.45, 7) is 7.07. The van der Waals surface area contributed by atoms with Gasteiger partial charge in [-0.05, 0) is 24.8 Å². The van der Waals surface area contributed by atoms with E-state index in [4.69, 9.17) is 4.74 Å². The van der Waals surface area contributed by atoms with Gasteiger partial charge in [0.1, 0.15) is 0 Å². The maximum absolute atomic E-state index is 5.50. The number of hydrogen-bond donors (Lipinski definition) is 1. The van der Waals surface area contributed by atoms with Crippen LogP contribution >= 0.6 is 0 Å². The molecule has 1 aliphatic carbocycles. The number of likely N-dealkylation sites (tertiary alicyclic amines) is 1. The molecule has 1 aromatic rings. The molecule has 2 saturated heterocycles. The third kappa shape index (κ3) is 3.60. The molecule has 4 rings (SSSR count). The molecule has 1 saturated carbocycles. The van der Waals surface area contributed by atoms with Gasteiger partial charge in [-0.15, -0.1) is 0 Å². The molecule has 1 unspecified atom stereocenters. The second-order valence-electron chi connectivity index (χ2n) is 7.94.